The molecular formula is C24H28N2O2S. The van der Waals surface area contributed by atoms with Crippen LogP contribution in [0.5, 0.6) is 0 Å². The van der Waals surface area contributed by atoms with Crippen LogP contribution >= 0.6 is 11.8 Å². The third kappa shape index (κ3) is 4.68. The molecule has 0 spiro atoms. The molecule has 0 saturated carbocycles. The minimum Gasteiger partial charge on any atom is -0.372 e. The van der Waals surface area contributed by atoms with Gasteiger partial charge in [0.2, 0.25) is 5.91 Å². The maximum atomic E-state index is 13.0. The Balaban J connectivity index is 1.53. The van der Waals surface area contributed by atoms with Crippen molar-refractivity contribution >= 4 is 28.6 Å². The molecule has 2 heterocycles. The minimum atomic E-state index is 0.0875. The molecule has 2 aromatic carbocycles. The summed E-state index contributed by atoms with van der Waals surface area (Å²) in [5.41, 5.74) is 3.71. The van der Waals surface area contributed by atoms with Gasteiger partial charge in [-0.05, 0) is 32.4 Å². The average Bonchev–Trinajstić information content (AvgIpc) is 3.03. The number of hydrogen-bond donors (Lipinski definition) is 0. The number of carbonyl (C=O) groups excluding carboxylic acids is 1. The van der Waals surface area contributed by atoms with Gasteiger partial charge in [-0.25, -0.2) is 0 Å². The highest BCUT2D eigenvalue weighted by Gasteiger charge is 2.26. The highest BCUT2D eigenvalue weighted by atomic mass is 32.2. The predicted octanol–water partition coefficient (Wildman–Crippen LogP) is 4.88. The molecule has 4 rings (SSSR count). The normalized spacial score (nSPS) is 19.6. The Hall–Kier alpha value is -2.24. The molecule has 0 aliphatic carbocycles. The summed E-state index contributed by atoms with van der Waals surface area (Å²) in [6, 6.07) is 17.0. The molecule has 4 nitrogen and oxygen atoms in total. The monoisotopic (exact) mass is 408 g/mol. The summed E-state index contributed by atoms with van der Waals surface area (Å²) >= 11 is 1.83. The maximum absolute atomic E-state index is 13.0. The third-order valence-electron chi connectivity index (χ3n) is 5.31. The van der Waals surface area contributed by atoms with E-state index in [-0.39, 0.29) is 18.1 Å². The van der Waals surface area contributed by atoms with Crippen molar-refractivity contribution in [3.63, 3.8) is 0 Å². The number of hydrogen-bond acceptors (Lipinski definition) is 3. The Kier molecular flexibility index (Phi) is 5.97. The summed E-state index contributed by atoms with van der Waals surface area (Å²) in [5, 5.41) is 1.21. The Morgan fingerprint density at radius 2 is 1.86 bits per heavy atom. The van der Waals surface area contributed by atoms with Gasteiger partial charge in [-0.3, -0.25) is 4.79 Å². The van der Waals surface area contributed by atoms with Crippen molar-refractivity contribution in [2.45, 2.75) is 50.2 Å². The van der Waals surface area contributed by atoms with Crippen LogP contribution in [0.15, 0.2) is 59.6 Å². The molecular weight excluding hydrogens is 380 g/mol. The topological polar surface area (TPSA) is 34.5 Å². The summed E-state index contributed by atoms with van der Waals surface area (Å²) in [5.74, 6) is 1.07. The molecule has 1 aliphatic rings. The van der Waals surface area contributed by atoms with Gasteiger partial charge < -0.3 is 14.2 Å². The van der Waals surface area contributed by atoms with Crippen molar-refractivity contribution in [2.24, 2.45) is 0 Å². The number of nitrogens with zero attached hydrogens (tertiary/aromatic N) is 2. The van der Waals surface area contributed by atoms with Gasteiger partial charge in [0, 0.05) is 40.8 Å². The van der Waals surface area contributed by atoms with Crippen molar-refractivity contribution in [3.05, 3.63) is 65.9 Å². The molecule has 0 N–H and O–H groups in total. The van der Waals surface area contributed by atoms with Gasteiger partial charge in [0.25, 0.3) is 0 Å². The van der Waals surface area contributed by atoms with Crippen molar-refractivity contribution < 1.29 is 9.53 Å². The second-order valence-corrected chi connectivity index (χ2v) is 8.99. The first kappa shape index (κ1) is 20.0. The molecule has 0 bridgehead atoms. The van der Waals surface area contributed by atoms with Crippen molar-refractivity contribution in [1.82, 2.24) is 9.47 Å². The largest absolute Gasteiger partial charge is 0.372 e. The van der Waals surface area contributed by atoms with Gasteiger partial charge in [-0.15, -0.1) is 11.8 Å². The van der Waals surface area contributed by atoms with Crippen LogP contribution in [0, 0.1) is 6.92 Å². The van der Waals surface area contributed by atoms with Gasteiger partial charge in [-0.2, -0.15) is 0 Å². The molecule has 5 heteroatoms. The highest BCUT2D eigenvalue weighted by Crippen LogP contribution is 2.32. The summed E-state index contributed by atoms with van der Waals surface area (Å²) in [6.45, 7) is 7.88. The van der Waals surface area contributed by atoms with E-state index in [1.54, 1.807) is 0 Å². The highest BCUT2D eigenvalue weighted by molar-refractivity contribution is 7.98. The average molecular weight is 409 g/mol. The zero-order chi connectivity index (χ0) is 20.4. The van der Waals surface area contributed by atoms with E-state index in [2.05, 4.69) is 60.2 Å². The lowest BCUT2D eigenvalue weighted by molar-refractivity contribution is -0.143. The molecule has 3 aromatic rings. The number of amides is 1. The van der Waals surface area contributed by atoms with Crippen LogP contribution in [0.4, 0.5) is 0 Å². The molecule has 1 aromatic heterocycles. The van der Waals surface area contributed by atoms with E-state index in [9.17, 15) is 4.79 Å². The zero-order valence-corrected chi connectivity index (χ0v) is 18.1. The third-order valence-corrected chi connectivity index (χ3v) is 6.42. The molecule has 1 amide bonds. The van der Waals surface area contributed by atoms with E-state index in [0.29, 0.717) is 19.6 Å². The molecule has 0 unspecified atom stereocenters. The number of benzene rings is 2. The number of para-hydroxylation sites is 1. The van der Waals surface area contributed by atoms with Crippen molar-refractivity contribution in [1.29, 1.82) is 0 Å². The second-order valence-electron chi connectivity index (χ2n) is 7.97. The molecule has 2 atom stereocenters. The van der Waals surface area contributed by atoms with Gasteiger partial charge in [0.05, 0.1) is 12.2 Å². The van der Waals surface area contributed by atoms with Crippen LogP contribution in [-0.2, 0) is 21.8 Å². The summed E-state index contributed by atoms with van der Waals surface area (Å²) < 4.78 is 7.87. The van der Waals surface area contributed by atoms with Crippen LogP contribution in [0.25, 0.3) is 10.9 Å². The Bertz CT molecular complexity index is 1000. The first-order valence-corrected chi connectivity index (χ1v) is 11.2. The number of carbonyl (C=O) groups is 1. The fourth-order valence-corrected chi connectivity index (χ4v) is 5.08. The van der Waals surface area contributed by atoms with Crippen molar-refractivity contribution in [2.75, 3.05) is 13.1 Å². The van der Waals surface area contributed by atoms with Gasteiger partial charge in [0.1, 0.15) is 6.54 Å². The summed E-state index contributed by atoms with van der Waals surface area (Å²) in [7, 11) is 0. The van der Waals surface area contributed by atoms with Crippen LogP contribution in [-0.4, -0.2) is 40.7 Å². The van der Waals surface area contributed by atoms with E-state index in [4.69, 9.17) is 4.74 Å². The Morgan fingerprint density at radius 1 is 1.10 bits per heavy atom. The molecule has 0 radical (unpaired) electrons. The Morgan fingerprint density at radius 3 is 2.62 bits per heavy atom. The number of rotatable bonds is 5. The van der Waals surface area contributed by atoms with Gasteiger partial charge in [0.15, 0.2) is 0 Å². The fraction of sp³-hybridized carbons (Fsp3) is 0.375. The predicted molar refractivity (Wildman–Crippen MR) is 119 cm³/mol. The summed E-state index contributed by atoms with van der Waals surface area (Å²) in [6.07, 6.45) is 2.31. The first-order valence-electron chi connectivity index (χ1n) is 10.2. The fourth-order valence-electron chi connectivity index (χ4n) is 4.05. The number of ether oxygens (including phenoxy) is 1. The number of aromatic nitrogens is 1. The van der Waals surface area contributed by atoms with E-state index >= 15 is 0 Å². The quantitative estimate of drug-likeness (QED) is 0.565. The molecule has 1 aliphatic heterocycles. The standard InChI is InChI=1S/C24H28N2O2S/c1-17-7-6-8-20(11-17)16-29-23-14-25(22-10-5-4-9-21(22)23)15-24(27)26-12-18(2)28-19(3)13-26/h4-11,14,18-19H,12-13,15-16H2,1-3H3/t18-,19-/m0/s1. The lowest BCUT2D eigenvalue weighted by atomic mass is 10.2. The molecule has 1 fully saturated rings. The van der Waals surface area contributed by atoms with E-state index in [0.717, 1.165) is 11.3 Å². The molecule has 152 valence electrons. The number of aryl methyl sites for hydroxylation is 1. The summed E-state index contributed by atoms with van der Waals surface area (Å²) in [4.78, 5) is 16.1. The van der Waals surface area contributed by atoms with E-state index in [1.807, 2.05) is 36.6 Å². The Labute approximate surface area is 176 Å². The molecule has 1 saturated heterocycles. The number of morpholine rings is 1. The zero-order valence-electron chi connectivity index (χ0n) is 17.3. The number of thioether (sulfide) groups is 1. The minimum absolute atomic E-state index is 0.0875. The van der Waals surface area contributed by atoms with Crippen molar-refractivity contribution in [3.8, 4) is 0 Å². The second kappa shape index (κ2) is 8.64. The van der Waals surface area contributed by atoms with Crippen LogP contribution in [0.1, 0.15) is 25.0 Å². The van der Waals surface area contributed by atoms with Gasteiger partial charge >= 0.3 is 0 Å². The first-order chi connectivity index (χ1) is 14.0. The smallest absolute Gasteiger partial charge is 0.242 e. The lowest BCUT2D eigenvalue weighted by Gasteiger charge is -2.35. The number of fused-ring (bicyclic) bond motifs is 1. The van der Waals surface area contributed by atoms with Crippen LogP contribution in [0.2, 0.25) is 0 Å². The van der Waals surface area contributed by atoms with E-state index < -0.39 is 0 Å². The van der Waals surface area contributed by atoms with Crippen LogP contribution in [0.3, 0.4) is 0 Å². The lowest BCUT2D eigenvalue weighted by Crippen LogP contribution is -2.49. The van der Waals surface area contributed by atoms with Gasteiger partial charge in [-0.1, -0.05) is 48.0 Å². The maximum Gasteiger partial charge on any atom is 0.242 e. The van der Waals surface area contributed by atoms with E-state index in [1.165, 1.54) is 21.4 Å². The molecule has 29 heavy (non-hydrogen) atoms. The SMILES string of the molecule is Cc1cccc(CSc2cn(CC(=O)N3C[C@H](C)O[C@@H](C)C3)c3ccccc23)c1. The van der Waals surface area contributed by atoms with Crippen LogP contribution < -0.4 is 0 Å².